The Morgan fingerprint density at radius 2 is 1.30 bits per heavy atom. The van der Waals surface area contributed by atoms with E-state index in [0.717, 1.165) is 52.8 Å². The zero-order valence-corrected chi connectivity index (χ0v) is 33.0. The van der Waals surface area contributed by atoms with Gasteiger partial charge < -0.3 is 24.4 Å². The normalized spacial score (nSPS) is 17.4. The molecule has 3 aromatic carbocycles. The Labute approximate surface area is 305 Å². The van der Waals surface area contributed by atoms with Crippen LogP contribution in [0.5, 0.6) is 11.5 Å². The number of aryl methyl sites for hydroxylation is 1. The maximum absolute atomic E-state index is 11.8. The summed E-state index contributed by atoms with van der Waals surface area (Å²) in [4.78, 5) is 4.45. The molecule has 1 N–H and O–H groups in total. The molecule has 0 radical (unpaired) electrons. The Hall–Kier alpha value is -3.38. The van der Waals surface area contributed by atoms with Gasteiger partial charge >= 0.3 is 0 Å². The topological polar surface area (TPSA) is 45.2 Å². The quantitative estimate of drug-likeness (QED) is 0.183. The number of methoxy groups -OCH3 is 2. The number of aliphatic hydroxyl groups is 1. The van der Waals surface area contributed by atoms with Crippen LogP contribution in [0.3, 0.4) is 0 Å². The molecule has 50 heavy (non-hydrogen) atoms. The molecule has 1 aliphatic carbocycles. The molecule has 0 heterocycles. The van der Waals surface area contributed by atoms with Crippen molar-refractivity contribution in [2.75, 3.05) is 55.5 Å². The Kier molecular flexibility index (Phi) is 16.3. The molecule has 1 saturated carbocycles. The van der Waals surface area contributed by atoms with E-state index in [-0.39, 0.29) is 5.92 Å². The number of nitrogens with zero attached hydrogens (tertiary/aromatic N) is 2. The molecule has 4 atom stereocenters. The summed E-state index contributed by atoms with van der Waals surface area (Å²) in [6.07, 6.45) is 11.5. The minimum absolute atomic E-state index is 0.0359. The average molecular weight is 683 g/mol. The summed E-state index contributed by atoms with van der Waals surface area (Å²) >= 11 is 0. The Morgan fingerprint density at radius 1 is 0.780 bits per heavy atom. The first kappa shape index (κ1) is 41.0. The van der Waals surface area contributed by atoms with E-state index in [1.807, 2.05) is 57.4 Å². The molecular weight excluding hydrogens is 617 g/mol. The van der Waals surface area contributed by atoms with Crippen LogP contribution in [0.15, 0.2) is 83.9 Å². The summed E-state index contributed by atoms with van der Waals surface area (Å²) in [5.41, 5.74) is 5.86. The standard InChI is InChI=1S/C23H31NO2.C22H35NO/c1-17-8-7-9-21(14-17)23(25,19(3)16-24(4)5)18(2)15-20-10-12-22(26-6)13-11-20;1-17(15-19-11-13-21(24-5)14-12-19)22(18(2)16-23(3)4)20-9-7-6-8-10-20/h7-15,19,25H,16H2,1-6H3;11-15,18,20,22H,6-10,16H2,1-5H3. The second-order valence-electron chi connectivity index (χ2n) is 15.2. The van der Waals surface area contributed by atoms with Crippen molar-refractivity contribution in [2.24, 2.45) is 23.7 Å². The maximum atomic E-state index is 11.8. The second-order valence-corrected chi connectivity index (χ2v) is 15.2. The third kappa shape index (κ3) is 11.9. The largest absolute Gasteiger partial charge is 0.497 e. The van der Waals surface area contributed by atoms with Crippen molar-refractivity contribution >= 4 is 12.2 Å². The zero-order valence-electron chi connectivity index (χ0n) is 33.0. The lowest BCUT2D eigenvalue weighted by Crippen LogP contribution is -2.40. The van der Waals surface area contributed by atoms with E-state index in [9.17, 15) is 5.11 Å². The van der Waals surface area contributed by atoms with Crippen LogP contribution in [-0.2, 0) is 5.60 Å². The van der Waals surface area contributed by atoms with Gasteiger partial charge in [-0.15, -0.1) is 0 Å². The van der Waals surface area contributed by atoms with Crippen molar-refractivity contribution < 1.29 is 14.6 Å². The molecule has 4 rings (SSSR count). The van der Waals surface area contributed by atoms with Crippen molar-refractivity contribution in [3.8, 4) is 11.5 Å². The van der Waals surface area contributed by atoms with Gasteiger partial charge in [-0.2, -0.15) is 0 Å². The van der Waals surface area contributed by atoms with E-state index >= 15 is 0 Å². The minimum Gasteiger partial charge on any atom is -0.497 e. The van der Waals surface area contributed by atoms with Crippen LogP contribution < -0.4 is 9.47 Å². The van der Waals surface area contributed by atoms with Gasteiger partial charge in [-0.25, -0.2) is 0 Å². The van der Waals surface area contributed by atoms with Gasteiger partial charge in [-0.1, -0.05) is 105 Å². The second kappa shape index (κ2) is 19.9. The van der Waals surface area contributed by atoms with Crippen molar-refractivity contribution in [3.05, 3.63) is 106 Å². The fourth-order valence-electron chi connectivity index (χ4n) is 8.05. The van der Waals surface area contributed by atoms with Gasteiger partial charge in [0.15, 0.2) is 0 Å². The van der Waals surface area contributed by atoms with E-state index in [4.69, 9.17) is 9.47 Å². The Bertz CT molecular complexity index is 1490. The van der Waals surface area contributed by atoms with Gasteiger partial charge in [0.2, 0.25) is 0 Å². The van der Waals surface area contributed by atoms with Gasteiger partial charge in [0.1, 0.15) is 17.1 Å². The van der Waals surface area contributed by atoms with E-state index in [1.54, 1.807) is 19.8 Å². The van der Waals surface area contributed by atoms with Crippen LogP contribution in [0, 0.1) is 30.6 Å². The summed E-state index contributed by atoms with van der Waals surface area (Å²) < 4.78 is 10.5. The highest BCUT2D eigenvalue weighted by Crippen LogP contribution is 2.40. The number of ether oxygens (including phenoxy) is 2. The summed E-state index contributed by atoms with van der Waals surface area (Å²) in [6.45, 7) is 12.9. The Morgan fingerprint density at radius 3 is 1.78 bits per heavy atom. The molecule has 5 nitrogen and oxygen atoms in total. The molecule has 0 aliphatic heterocycles. The number of hydrogen-bond acceptors (Lipinski definition) is 5. The molecule has 0 saturated heterocycles. The van der Waals surface area contributed by atoms with Gasteiger partial charge in [0.25, 0.3) is 0 Å². The smallest absolute Gasteiger partial charge is 0.118 e. The molecule has 1 aliphatic rings. The highest BCUT2D eigenvalue weighted by molar-refractivity contribution is 5.57. The molecule has 1 fully saturated rings. The number of hydrogen-bond donors (Lipinski definition) is 1. The van der Waals surface area contributed by atoms with Crippen molar-refractivity contribution in [3.63, 3.8) is 0 Å². The van der Waals surface area contributed by atoms with Crippen LogP contribution in [0.4, 0.5) is 0 Å². The van der Waals surface area contributed by atoms with Crippen LogP contribution >= 0.6 is 0 Å². The molecule has 0 spiro atoms. The lowest BCUT2D eigenvalue weighted by Gasteiger charge is -2.37. The zero-order chi connectivity index (χ0) is 36.8. The minimum atomic E-state index is -1.03. The van der Waals surface area contributed by atoms with Crippen LogP contribution in [0.2, 0.25) is 0 Å². The summed E-state index contributed by atoms with van der Waals surface area (Å²) in [7, 11) is 11.8. The van der Waals surface area contributed by atoms with Gasteiger partial charge in [0, 0.05) is 19.0 Å². The SMILES string of the molecule is COc1ccc(C=C(C)C(C(C)CN(C)C)C2CCCCC2)cc1.COc1ccc(C=C(C)C(O)(c2cccc(C)c2)C(C)CN(C)C)cc1. The van der Waals surface area contributed by atoms with Gasteiger partial charge in [-0.05, 0) is 126 Å². The van der Waals surface area contributed by atoms with Crippen LogP contribution in [0.25, 0.3) is 12.2 Å². The fraction of sp³-hybridized carbons (Fsp3) is 0.511. The fourth-order valence-corrected chi connectivity index (χ4v) is 8.05. The van der Waals surface area contributed by atoms with Crippen molar-refractivity contribution in [1.29, 1.82) is 0 Å². The molecule has 0 amide bonds. The lowest BCUT2D eigenvalue weighted by molar-refractivity contribution is 0.0105. The third-order valence-corrected chi connectivity index (χ3v) is 10.4. The number of allylic oxidation sites excluding steroid dienone is 1. The average Bonchev–Trinajstić information content (AvgIpc) is 3.08. The molecule has 5 heteroatoms. The number of benzene rings is 3. The highest BCUT2D eigenvalue weighted by Gasteiger charge is 2.38. The van der Waals surface area contributed by atoms with Crippen molar-refractivity contribution in [2.45, 2.75) is 72.3 Å². The van der Waals surface area contributed by atoms with E-state index in [1.165, 1.54) is 37.7 Å². The monoisotopic (exact) mass is 683 g/mol. The first-order chi connectivity index (χ1) is 23.8. The van der Waals surface area contributed by atoms with Crippen LogP contribution in [-0.4, -0.2) is 70.4 Å². The molecule has 3 aromatic rings. The summed E-state index contributed by atoms with van der Waals surface area (Å²) in [6, 6.07) is 24.5. The Balaban J connectivity index is 0.000000271. The van der Waals surface area contributed by atoms with Crippen molar-refractivity contribution in [1.82, 2.24) is 9.80 Å². The maximum Gasteiger partial charge on any atom is 0.118 e. The molecule has 0 bridgehead atoms. The predicted octanol–water partition coefficient (Wildman–Crippen LogP) is 9.99. The van der Waals surface area contributed by atoms with Gasteiger partial charge in [0.05, 0.1) is 14.2 Å². The predicted molar refractivity (Wildman–Crippen MR) is 214 cm³/mol. The van der Waals surface area contributed by atoms with E-state index in [2.05, 4.69) is 100 Å². The van der Waals surface area contributed by atoms with E-state index < -0.39 is 5.60 Å². The first-order valence-electron chi connectivity index (χ1n) is 18.5. The van der Waals surface area contributed by atoms with Crippen LogP contribution in [0.1, 0.15) is 82.1 Å². The summed E-state index contributed by atoms with van der Waals surface area (Å²) in [5.74, 6) is 4.02. The third-order valence-electron chi connectivity index (χ3n) is 10.4. The number of rotatable bonds is 14. The lowest BCUT2D eigenvalue weighted by atomic mass is 9.71. The molecule has 0 aromatic heterocycles. The van der Waals surface area contributed by atoms with E-state index in [0.29, 0.717) is 11.8 Å². The van der Waals surface area contributed by atoms with Gasteiger partial charge in [-0.3, -0.25) is 0 Å². The molecular formula is C45H66N2O3. The first-order valence-corrected chi connectivity index (χ1v) is 18.5. The molecule has 4 unspecified atom stereocenters. The highest BCUT2D eigenvalue weighted by atomic mass is 16.5. The molecule has 274 valence electrons. The summed E-state index contributed by atoms with van der Waals surface area (Å²) in [5, 5.41) is 11.8.